The van der Waals surface area contributed by atoms with Crippen molar-refractivity contribution in [2.45, 2.75) is 26.2 Å². The van der Waals surface area contributed by atoms with Crippen molar-refractivity contribution in [1.29, 1.82) is 5.26 Å². The van der Waals surface area contributed by atoms with E-state index in [1.165, 1.54) is 6.33 Å². The number of rotatable bonds is 3. The van der Waals surface area contributed by atoms with Crippen molar-refractivity contribution in [1.82, 2.24) is 9.97 Å². The molecular weight excluding hydrogens is 169 g/mol. The number of halogens is 1. The quantitative estimate of drug-likeness (QED) is 0.711. The van der Waals surface area contributed by atoms with Crippen molar-refractivity contribution in [2.24, 2.45) is 0 Å². The van der Waals surface area contributed by atoms with Crippen LogP contribution in [-0.2, 0) is 6.42 Å². The molecule has 0 fully saturated rings. The first-order valence-electron chi connectivity index (χ1n) is 4.19. The maximum Gasteiger partial charge on any atom is 0.181 e. The first-order chi connectivity index (χ1) is 6.29. The standard InChI is InChI=1S/C9H10FN3/c1-2-3-4-7-9(10)8(5-11)13-6-12-7/h6H,2-4H2,1H3. The summed E-state index contributed by atoms with van der Waals surface area (Å²) in [6.45, 7) is 2.02. The smallest absolute Gasteiger partial charge is 0.181 e. The van der Waals surface area contributed by atoms with E-state index in [4.69, 9.17) is 5.26 Å². The van der Waals surface area contributed by atoms with Gasteiger partial charge in [-0.1, -0.05) is 13.3 Å². The number of nitriles is 1. The van der Waals surface area contributed by atoms with E-state index in [9.17, 15) is 4.39 Å². The summed E-state index contributed by atoms with van der Waals surface area (Å²) in [6.07, 6.45) is 3.65. The van der Waals surface area contributed by atoms with Gasteiger partial charge in [0.1, 0.15) is 12.4 Å². The highest BCUT2D eigenvalue weighted by Crippen LogP contribution is 2.09. The minimum absolute atomic E-state index is 0.166. The molecule has 0 aliphatic carbocycles. The lowest BCUT2D eigenvalue weighted by Gasteiger charge is -2.00. The van der Waals surface area contributed by atoms with Gasteiger partial charge in [-0.3, -0.25) is 0 Å². The SMILES string of the molecule is CCCCc1ncnc(C#N)c1F. The summed E-state index contributed by atoms with van der Waals surface area (Å²) in [4.78, 5) is 7.31. The van der Waals surface area contributed by atoms with E-state index in [1.807, 2.05) is 6.92 Å². The second-order valence-electron chi connectivity index (χ2n) is 2.70. The number of unbranched alkanes of at least 4 members (excludes halogenated alkanes) is 1. The van der Waals surface area contributed by atoms with Crippen molar-refractivity contribution < 1.29 is 4.39 Å². The van der Waals surface area contributed by atoms with Crippen molar-refractivity contribution >= 4 is 0 Å². The van der Waals surface area contributed by atoms with Crippen LogP contribution in [0.15, 0.2) is 6.33 Å². The average molecular weight is 179 g/mol. The molecule has 4 heteroatoms. The largest absolute Gasteiger partial charge is 0.238 e. The van der Waals surface area contributed by atoms with E-state index in [0.717, 1.165) is 12.8 Å². The number of nitrogens with zero attached hydrogens (tertiary/aromatic N) is 3. The summed E-state index contributed by atoms with van der Waals surface area (Å²) < 4.78 is 13.2. The van der Waals surface area contributed by atoms with Crippen LogP contribution in [0.2, 0.25) is 0 Å². The summed E-state index contributed by atoms with van der Waals surface area (Å²) in [5.74, 6) is -0.571. The Labute approximate surface area is 76.3 Å². The molecule has 0 spiro atoms. The lowest BCUT2D eigenvalue weighted by Crippen LogP contribution is -2.00. The number of hydrogen-bond donors (Lipinski definition) is 0. The van der Waals surface area contributed by atoms with Gasteiger partial charge in [0.05, 0.1) is 5.69 Å². The molecule has 0 saturated carbocycles. The fourth-order valence-corrected chi connectivity index (χ4v) is 1.00. The topological polar surface area (TPSA) is 49.6 Å². The van der Waals surface area contributed by atoms with Gasteiger partial charge in [-0.25, -0.2) is 14.4 Å². The van der Waals surface area contributed by atoms with Gasteiger partial charge >= 0.3 is 0 Å². The van der Waals surface area contributed by atoms with E-state index in [1.54, 1.807) is 6.07 Å². The van der Waals surface area contributed by atoms with E-state index >= 15 is 0 Å². The van der Waals surface area contributed by atoms with Crippen molar-refractivity contribution in [3.8, 4) is 6.07 Å². The molecule has 0 N–H and O–H groups in total. The van der Waals surface area contributed by atoms with Crippen LogP contribution in [0.4, 0.5) is 4.39 Å². The zero-order chi connectivity index (χ0) is 9.68. The molecule has 0 amide bonds. The molecule has 0 aliphatic rings. The zero-order valence-corrected chi connectivity index (χ0v) is 7.42. The number of hydrogen-bond acceptors (Lipinski definition) is 3. The monoisotopic (exact) mass is 179 g/mol. The van der Waals surface area contributed by atoms with E-state index in [2.05, 4.69) is 9.97 Å². The molecule has 68 valence electrons. The Balaban J connectivity index is 2.90. The second kappa shape index (κ2) is 4.51. The van der Waals surface area contributed by atoms with Gasteiger partial charge in [0.15, 0.2) is 11.5 Å². The molecule has 0 bridgehead atoms. The molecule has 1 aromatic rings. The Bertz CT molecular complexity index is 330. The third-order valence-electron chi connectivity index (χ3n) is 1.73. The summed E-state index contributed by atoms with van der Waals surface area (Å²) in [7, 11) is 0. The first kappa shape index (κ1) is 9.59. The molecule has 0 saturated heterocycles. The molecule has 0 atom stereocenters. The molecular formula is C9H10FN3. The minimum atomic E-state index is -0.571. The van der Waals surface area contributed by atoms with Crippen molar-refractivity contribution in [2.75, 3.05) is 0 Å². The average Bonchev–Trinajstić information content (AvgIpc) is 2.16. The lowest BCUT2D eigenvalue weighted by molar-refractivity contribution is 0.578. The van der Waals surface area contributed by atoms with Gasteiger partial charge in [-0.2, -0.15) is 5.26 Å². The highest BCUT2D eigenvalue weighted by molar-refractivity contribution is 5.23. The molecule has 0 unspecified atom stereocenters. The zero-order valence-electron chi connectivity index (χ0n) is 7.42. The van der Waals surface area contributed by atoms with Crippen molar-refractivity contribution in [3.05, 3.63) is 23.5 Å². The minimum Gasteiger partial charge on any atom is -0.238 e. The van der Waals surface area contributed by atoms with Crippen LogP contribution in [0.25, 0.3) is 0 Å². The highest BCUT2D eigenvalue weighted by atomic mass is 19.1. The van der Waals surface area contributed by atoms with Crippen LogP contribution in [0.1, 0.15) is 31.2 Å². The van der Waals surface area contributed by atoms with Gasteiger partial charge in [-0.05, 0) is 12.8 Å². The lowest BCUT2D eigenvalue weighted by atomic mass is 10.2. The molecule has 3 nitrogen and oxygen atoms in total. The molecule has 1 heterocycles. The van der Waals surface area contributed by atoms with E-state index in [0.29, 0.717) is 12.1 Å². The predicted octanol–water partition coefficient (Wildman–Crippen LogP) is 1.83. The molecule has 1 rings (SSSR count). The third kappa shape index (κ3) is 2.22. The predicted molar refractivity (Wildman–Crippen MR) is 45.3 cm³/mol. The van der Waals surface area contributed by atoms with Crippen LogP contribution in [0, 0.1) is 17.1 Å². The molecule has 0 aromatic carbocycles. The fraction of sp³-hybridized carbons (Fsp3) is 0.444. The molecule has 13 heavy (non-hydrogen) atoms. The van der Waals surface area contributed by atoms with Crippen LogP contribution in [0.5, 0.6) is 0 Å². The Hall–Kier alpha value is -1.50. The van der Waals surface area contributed by atoms with Crippen LogP contribution in [-0.4, -0.2) is 9.97 Å². The third-order valence-corrected chi connectivity index (χ3v) is 1.73. The fourth-order valence-electron chi connectivity index (χ4n) is 1.00. The Kier molecular flexibility index (Phi) is 3.32. The van der Waals surface area contributed by atoms with Crippen LogP contribution < -0.4 is 0 Å². The van der Waals surface area contributed by atoms with E-state index in [-0.39, 0.29) is 5.69 Å². The Morgan fingerprint density at radius 3 is 2.92 bits per heavy atom. The number of aryl methyl sites for hydroxylation is 1. The summed E-state index contributed by atoms with van der Waals surface area (Å²) in [5, 5.41) is 8.49. The van der Waals surface area contributed by atoms with Gasteiger partial charge in [0.25, 0.3) is 0 Å². The second-order valence-corrected chi connectivity index (χ2v) is 2.70. The molecule has 0 radical (unpaired) electrons. The molecule has 0 aliphatic heterocycles. The Morgan fingerprint density at radius 1 is 1.54 bits per heavy atom. The summed E-state index contributed by atoms with van der Waals surface area (Å²) in [6, 6.07) is 1.69. The summed E-state index contributed by atoms with van der Waals surface area (Å²) >= 11 is 0. The maximum atomic E-state index is 13.2. The van der Waals surface area contributed by atoms with E-state index < -0.39 is 5.82 Å². The van der Waals surface area contributed by atoms with Gasteiger partial charge < -0.3 is 0 Å². The Morgan fingerprint density at radius 2 is 2.31 bits per heavy atom. The maximum absolute atomic E-state index is 13.2. The summed E-state index contributed by atoms with van der Waals surface area (Å²) in [5.41, 5.74) is 0.175. The first-order valence-corrected chi connectivity index (χ1v) is 4.19. The molecule has 1 aromatic heterocycles. The van der Waals surface area contributed by atoms with Gasteiger partial charge in [-0.15, -0.1) is 0 Å². The number of aromatic nitrogens is 2. The normalized spacial score (nSPS) is 9.62. The highest BCUT2D eigenvalue weighted by Gasteiger charge is 2.09. The van der Waals surface area contributed by atoms with Crippen LogP contribution in [0.3, 0.4) is 0 Å². The van der Waals surface area contributed by atoms with Gasteiger partial charge in [0.2, 0.25) is 0 Å². The van der Waals surface area contributed by atoms with Crippen molar-refractivity contribution in [3.63, 3.8) is 0 Å². The van der Waals surface area contributed by atoms with Crippen LogP contribution >= 0.6 is 0 Å². The van der Waals surface area contributed by atoms with Gasteiger partial charge in [0, 0.05) is 0 Å².